The molecule has 1 aromatic heterocycles. The van der Waals surface area contributed by atoms with E-state index < -0.39 is 0 Å². The highest BCUT2D eigenvalue weighted by molar-refractivity contribution is 5.59. The molecule has 1 fully saturated rings. The Morgan fingerprint density at radius 2 is 1.89 bits per heavy atom. The summed E-state index contributed by atoms with van der Waals surface area (Å²) in [6, 6.07) is 0.298. The van der Waals surface area contributed by atoms with Crippen molar-refractivity contribution in [2.24, 2.45) is 18.9 Å². The molecule has 6 heteroatoms. The van der Waals surface area contributed by atoms with E-state index >= 15 is 0 Å². The smallest absolute Gasteiger partial charge is 0.333 e. The number of nitro groups is 1. The number of hydrogen-bond donors (Lipinski definition) is 1. The Kier molecular flexibility index (Phi) is 3.78. The number of hydrogen-bond acceptors (Lipinski definition) is 4. The van der Waals surface area contributed by atoms with Gasteiger partial charge < -0.3 is 5.32 Å². The van der Waals surface area contributed by atoms with Crippen LogP contribution < -0.4 is 5.32 Å². The minimum atomic E-state index is -0.347. The molecule has 1 aliphatic rings. The normalized spacial score (nSPS) is 27.3. The van der Waals surface area contributed by atoms with Crippen molar-refractivity contribution in [2.75, 3.05) is 5.32 Å². The highest BCUT2D eigenvalue weighted by Gasteiger charge is 2.29. The Hall–Kier alpha value is -1.59. The third-order valence-corrected chi connectivity index (χ3v) is 3.89. The van der Waals surface area contributed by atoms with Gasteiger partial charge in [-0.25, -0.2) is 4.68 Å². The van der Waals surface area contributed by atoms with Crippen LogP contribution in [0.1, 0.15) is 38.8 Å². The number of nitrogens with zero attached hydrogens (tertiary/aromatic N) is 3. The van der Waals surface area contributed by atoms with E-state index in [1.807, 2.05) is 0 Å². The van der Waals surface area contributed by atoms with E-state index in [2.05, 4.69) is 24.3 Å². The highest BCUT2D eigenvalue weighted by Crippen LogP contribution is 2.33. The zero-order chi connectivity index (χ0) is 14.2. The zero-order valence-electron chi connectivity index (χ0n) is 12.0. The molecule has 1 heterocycles. The monoisotopic (exact) mass is 266 g/mol. The second kappa shape index (κ2) is 5.19. The molecular formula is C13H22N4O2. The van der Waals surface area contributed by atoms with Gasteiger partial charge in [0.25, 0.3) is 0 Å². The second-order valence-electron chi connectivity index (χ2n) is 5.92. The Labute approximate surface area is 113 Å². The molecule has 0 bridgehead atoms. The predicted molar refractivity (Wildman–Crippen MR) is 74.2 cm³/mol. The quantitative estimate of drug-likeness (QED) is 0.674. The lowest BCUT2D eigenvalue weighted by Crippen LogP contribution is -2.31. The first kappa shape index (κ1) is 13.8. The molecule has 0 radical (unpaired) electrons. The maximum atomic E-state index is 11.1. The van der Waals surface area contributed by atoms with E-state index in [9.17, 15) is 10.1 Å². The van der Waals surface area contributed by atoms with Gasteiger partial charge in [-0.05, 0) is 38.0 Å². The minimum Gasteiger partial charge on any atom is -0.362 e. The van der Waals surface area contributed by atoms with Crippen LogP contribution in [-0.4, -0.2) is 20.7 Å². The lowest BCUT2D eigenvalue weighted by Gasteiger charge is -2.32. The van der Waals surface area contributed by atoms with Crippen LogP contribution in [-0.2, 0) is 7.05 Å². The lowest BCUT2D eigenvalue weighted by atomic mass is 9.80. The number of anilines is 1. The van der Waals surface area contributed by atoms with Crippen molar-refractivity contribution in [2.45, 2.75) is 46.1 Å². The van der Waals surface area contributed by atoms with E-state index in [0.29, 0.717) is 29.4 Å². The Morgan fingerprint density at radius 1 is 1.32 bits per heavy atom. The van der Waals surface area contributed by atoms with Gasteiger partial charge in [-0.3, -0.25) is 10.1 Å². The maximum absolute atomic E-state index is 11.1. The number of rotatable bonds is 3. The number of nitrogens with one attached hydrogen (secondary N) is 1. The van der Waals surface area contributed by atoms with Crippen molar-refractivity contribution in [3.63, 3.8) is 0 Å². The summed E-state index contributed by atoms with van der Waals surface area (Å²) in [6.07, 6.45) is 3.36. The molecule has 0 amide bonds. The van der Waals surface area contributed by atoms with Crippen molar-refractivity contribution < 1.29 is 4.92 Å². The molecule has 19 heavy (non-hydrogen) atoms. The van der Waals surface area contributed by atoms with Crippen LogP contribution in [0.4, 0.5) is 11.5 Å². The van der Waals surface area contributed by atoms with Gasteiger partial charge in [-0.1, -0.05) is 13.8 Å². The first-order valence-corrected chi connectivity index (χ1v) is 6.83. The lowest BCUT2D eigenvalue weighted by molar-refractivity contribution is -0.384. The molecule has 1 aliphatic carbocycles. The van der Waals surface area contributed by atoms with Crippen molar-refractivity contribution in [1.29, 1.82) is 0 Å². The highest BCUT2D eigenvalue weighted by atomic mass is 16.6. The summed E-state index contributed by atoms with van der Waals surface area (Å²) < 4.78 is 1.58. The van der Waals surface area contributed by atoms with Crippen LogP contribution in [0.3, 0.4) is 0 Å². The molecular weight excluding hydrogens is 244 g/mol. The standard InChI is InChI=1S/C13H22N4O2/c1-8-5-9(2)7-11(6-8)14-13-12(17(18)19)10(3)15-16(13)4/h8-9,11,14H,5-7H2,1-4H3. The second-order valence-corrected chi connectivity index (χ2v) is 5.92. The molecule has 1 saturated carbocycles. The van der Waals surface area contributed by atoms with Gasteiger partial charge in [0.2, 0.25) is 5.82 Å². The predicted octanol–water partition coefficient (Wildman–Crippen LogP) is 2.87. The third kappa shape index (κ3) is 2.88. The van der Waals surface area contributed by atoms with Crippen molar-refractivity contribution in [1.82, 2.24) is 9.78 Å². The molecule has 1 N–H and O–H groups in total. The topological polar surface area (TPSA) is 73.0 Å². The fourth-order valence-electron chi connectivity index (χ4n) is 3.29. The van der Waals surface area contributed by atoms with Crippen LogP contribution in [0.5, 0.6) is 0 Å². The van der Waals surface area contributed by atoms with Gasteiger partial charge in [-0.15, -0.1) is 0 Å². The zero-order valence-corrected chi connectivity index (χ0v) is 12.0. The Balaban J connectivity index is 2.21. The fraction of sp³-hybridized carbons (Fsp3) is 0.769. The van der Waals surface area contributed by atoms with Crippen LogP contribution in [0.2, 0.25) is 0 Å². The summed E-state index contributed by atoms with van der Waals surface area (Å²) in [6.45, 7) is 6.16. The molecule has 1 aromatic rings. The van der Waals surface area contributed by atoms with Crippen molar-refractivity contribution in [3.05, 3.63) is 15.8 Å². The fourth-order valence-corrected chi connectivity index (χ4v) is 3.29. The Bertz CT molecular complexity index is 473. The SMILES string of the molecule is Cc1nn(C)c(NC2CC(C)CC(C)C2)c1[N+](=O)[O-]. The van der Waals surface area contributed by atoms with Crippen LogP contribution in [0, 0.1) is 28.9 Å². The number of aromatic nitrogens is 2. The van der Waals surface area contributed by atoms with Gasteiger partial charge in [0.1, 0.15) is 5.69 Å². The van der Waals surface area contributed by atoms with E-state index in [1.54, 1.807) is 18.7 Å². The van der Waals surface area contributed by atoms with Gasteiger partial charge in [0, 0.05) is 13.1 Å². The van der Waals surface area contributed by atoms with Gasteiger partial charge in [0.05, 0.1) is 4.92 Å². The summed E-state index contributed by atoms with van der Waals surface area (Å²) in [7, 11) is 1.75. The first-order chi connectivity index (χ1) is 8.88. The van der Waals surface area contributed by atoms with E-state index in [0.717, 1.165) is 12.8 Å². The van der Waals surface area contributed by atoms with Gasteiger partial charge in [0.15, 0.2) is 0 Å². The third-order valence-electron chi connectivity index (χ3n) is 3.89. The molecule has 6 nitrogen and oxygen atoms in total. The largest absolute Gasteiger partial charge is 0.362 e. The average molecular weight is 266 g/mol. The maximum Gasteiger partial charge on any atom is 0.333 e. The van der Waals surface area contributed by atoms with Crippen molar-refractivity contribution >= 4 is 11.5 Å². The summed E-state index contributed by atoms with van der Waals surface area (Å²) in [5.74, 6) is 1.86. The van der Waals surface area contributed by atoms with Gasteiger partial charge >= 0.3 is 5.69 Å². The average Bonchev–Trinajstić information content (AvgIpc) is 2.52. The summed E-state index contributed by atoms with van der Waals surface area (Å²) >= 11 is 0. The first-order valence-electron chi connectivity index (χ1n) is 6.83. The Morgan fingerprint density at radius 3 is 2.42 bits per heavy atom. The molecule has 0 aromatic carbocycles. The summed E-state index contributed by atoms with van der Waals surface area (Å²) in [5.41, 5.74) is 0.570. The molecule has 106 valence electrons. The molecule has 2 unspecified atom stereocenters. The molecule has 0 aliphatic heterocycles. The van der Waals surface area contributed by atoms with E-state index in [1.165, 1.54) is 6.42 Å². The van der Waals surface area contributed by atoms with Crippen LogP contribution >= 0.6 is 0 Å². The van der Waals surface area contributed by atoms with Crippen LogP contribution in [0.15, 0.2) is 0 Å². The summed E-state index contributed by atoms with van der Waals surface area (Å²) in [5, 5.41) is 18.6. The molecule has 0 spiro atoms. The van der Waals surface area contributed by atoms with E-state index in [4.69, 9.17) is 0 Å². The number of aryl methyl sites for hydroxylation is 2. The van der Waals surface area contributed by atoms with Crippen molar-refractivity contribution in [3.8, 4) is 0 Å². The molecule has 2 atom stereocenters. The van der Waals surface area contributed by atoms with Crippen LogP contribution in [0.25, 0.3) is 0 Å². The molecule has 2 rings (SSSR count). The summed E-state index contributed by atoms with van der Waals surface area (Å²) in [4.78, 5) is 10.8. The minimum absolute atomic E-state index is 0.105. The molecule has 0 saturated heterocycles. The van der Waals surface area contributed by atoms with E-state index in [-0.39, 0.29) is 10.6 Å². The van der Waals surface area contributed by atoms with Gasteiger partial charge in [-0.2, -0.15) is 5.10 Å².